The molecule has 0 N–H and O–H groups in total. The van der Waals surface area contributed by atoms with Crippen molar-refractivity contribution in [2.75, 3.05) is 0 Å². The number of aromatic nitrogens is 1. The number of hydrogen-bond donors (Lipinski definition) is 0. The maximum Gasteiger partial charge on any atom is 0.254 e. The van der Waals surface area contributed by atoms with Crippen LogP contribution in [-0.4, -0.2) is 10.4 Å². The van der Waals surface area contributed by atoms with Gasteiger partial charge in [0.25, 0.3) is 5.56 Å². The molecule has 18 heavy (non-hydrogen) atoms. The molecule has 1 aromatic heterocycles. The fourth-order valence-corrected chi connectivity index (χ4v) is 2.06. The second-order valence-corrected chi connectivity index (χ2v) is 4.41. The number of carbonyl (C=O) groups is 1. The molecule has 94 valence electrons. The second kappa shape index (κ2) is 4.72. The van der Waals surface area contributed by atoms with Crippen LogP contribution in [0.4, 0.5) is 4.39 Å². The smallest absolute Gasteiger partial charge is 0.254 e. The number of ketones is 1. The first-order valence-corrected chi connectivity index (χ1v) is 5.77. The van der Waals surface area contributed by atoms with E-state index in [2.05, 4.69) is 0 Å². The highest BCUT2D eigenvalue weighted by atomic mass is 19.1. The standard InChI is InChI=1S/C14H14FNO2/c1-9(17)6-7-11-8-10-4-3-5-12(15)13(10)16(2)14(11)18/h3-5,8H,6-7H2,1-2H3. The lowest BCUT2D eigenvalue weighted by atomic mass is 10.1. The van der Waals surface area contributed by atoms with Crippen molar-refractivity contribution < 1.29 is 9.18 Å². The van der Waals surface area contributed by atoms with Crippen LogP contribution in [-0.2, 0) is 18.3 Å². The molecule has 0 aliphatic heterocycles. The van der Waals surface area contributed by atoms with Gasteiger partial charge in [-0.1, -0.05) is 12.1 Å². The normalized spacial score (nSPS) is 10.8. The lowest BCUT2D eigenvalue weighted by Gasteiger charge is -2.08. The number of halogens is 1. The number of pyridine rings is 1. The predicted octanol–water partition coefficient (Wildman–Crippen LogP) is 2.20. The molecule has 3 nitrogen and oxygen atoms in total. The van der Waals surface area contributed by atoms with Gasteiger partial charge in [-0.25, -0.2) is 4.39 Å². The molecule has 0 radical (unpaired) electrons. The zero-order valence-corrected chi connectivity index (χ0v) is 10.4. The zero-order valence-electron chi connectivity index (χ0n) is 10.4. The summed E-state index contributed by atoms with van der Waals surface area (Å²) in [6, 6.07) is 6.37. The fraction of sp³-hybridized carbons (Fsp3) is 0.286. The summed E-state index contributed by atoms with van der Waals surface area (Å²) in [6.45, 7) is 1.49. The van der Waals surface area contributed by atoms with Crippen LogP contribution in [0.25, 0.3) is 10.9 Å². The molecule has 2 aromatic rings. The number of carbonyl (C=O) groups excluding carboxylic acids is 1. The van der Waals surface area contributed by atoms with Crippen molar-refractivity contribution in [3.63, 3.8) is 0 Å². The van der Waals surface area contributed by atoms with Gasteiger partial charge in [-0.3, -0.25) is 4.79 Å². The van der Waals surface area contributed by atoms with Crippen LogP contribution in [0.3, 0.4) is 0 Å². The van der Waals surface area contributed by atoms with Gasteiger partial charge >= 0.3 is 0 Å². The van der Waals surface area contributed by atoms with Gasteiger partial charge in [0.15, 0.2) is 0 Å². The molecule has 0 amide bonds. The third-order valence-corrected chi connectivity index (χ3v) is 3.01. The Morgan fingerprint density at radius 3 is 2.78 bits per heavy atom. The Morgan fingerprint density at radius 2 is 2.11 bits per heavy atom. The average Bonchev–Trinajstić information content (AvgIpc) is 2.31. The van der Waals surface area contributed by atoms with Crippen LogP contribution in [0, 0.1) is 5.82 Å². The monoisotopic (exact) mass is 247 g/mol. The summed E-state index contributed by atoms with van der Waals surface area (Å²) < 4.78 is 15.0. The minimum atomic E-state index is -0.412. The van der Waals surface area contributed by atoms with E-state index in [4.69, 9.17) is 0 Å². The maximum absolute atomic E-state index is 13.7. The number of para-hydroxylation sites is 1. The van der Waals surface area contributed by atoms with Crippen LogP contribution in [0.5, 0.6) is 0 Å². The third-order valence-electron chi connectivity index (χ3n) is 3.01. The quantitative estimate of drug-likeness (QED) is 0.834. The van der Waals surface area contributed by atoms with Crippen molar-refractivity contribution in [1.29, 1.82) is 0 Å². The Kier molecular flexibility index (Phi) is 3.28. The highest BCUT2D eigenvalue weighted by Gasteiger charge is 2.10. The Balaban J connectivity index is 2.61. The van der Waals surface area contributed by atoms with E-state index in [-0.39, 0.29) is 11.3 Å². The molecule has 0 aliphatic carbocycles. The molecular weight excluding hydrogens is 233 g/mol. The van der Waals surface area contributed by atoms with Crippen molar-refractivity contribution in [3.05, 3.63) is 46.0 Å². The van der Waals surface area contributed by atoms with Crippen molar-refractivity contribution in [1.82, 2.24) is 4.57 Å². The minimum Gasteiger partial charge on any atom is -0.308 e. The number of benzene rings is 1. The van der Waals surface area contributed by atoms with E-state index in [0.717, 1.165) is 0 Å². The Labute approximate surface area is 104 Å². The molecule has 0 spiro atoms. The van der Waals surface area contributed by atoms with Gasteiger partial charge < -0.3 is 9.36 Å². The van der Waals surface area contributed by atoms with Gasteiger partial charge in [-0.05, 0) is 25.5 Å². The number of aryl methyl sites for hydroxylation is 2. The summed E-state index contributed by atoms with van der Waals surface area (Å²) in [6.07, 6.45) is 0.727. The van der Waals surface area contributed by atoms with E-state index in [1.807, 2.05) is 0 Å². The molecule has 0 fully saturated rings. The summed E-state index contributed by atoms with van der Waals surface area (Å²) in [5.41, 5.74) is 0.605. The summed E-state index contributed by atoms with van der Waals surface area (Å²) in [4.78, 5) is 23.0. The van der Waals surface area contributed by atoms with Crippen molar-refractivity contribution in [2.24, 2.45) is 7.05 Å². The first kappa shape index (κ1) is 12.5. The zero-order chi connectivity index (χ0) is 13.3. The van der Waals surface area contributed by atoms with Crippen molar-refractivity contribution in [3.8, 4) is 0 Å². The van der Waals surface area contributed by atoms with E-state index in [0.29, 0.717) is 29.3 Å². The number of nitrogens with zero attached hydrogens (tertiary/aromatic N) is 1. The van der Waals surface area contributed by atoms with E-state index >= 15 is 0 Å². The van der Waals surface area contributed by atoms with Gasteiger partial charge in [0.05, 0.1) is 5.52 Å². The Hall–Kier alpha value is -1.97. The number of rotatable bonds is 3. The van der Waals surface area contributed by atoms with E-state index in [9.17, 15) is 14.0 Å². The minimum absolute atomic E-state index is 0.0383. The van der Waals surface area contributed by atoms with Crippen LogP contribution in [0.2, 0.25) is 0 Å². The highest BCUT2D eigenvalue weighted by molar-refractivity contribution is 5.80. The molecule has 4 heteroatoms. The molecule has 0 atom stereocenters. The summed E-state index contributed by atoms with van der Waals surface area (Å²) in [5, 5.41) is 0.677. The van der Waals surface area contributed by atoms with Crippen molar-refractivity contribution in [2.45, 2.75) is 19.8 Å². The van der Waals surface area contributed by atoms with Crippen molar-refractivity contribution >= 4 is 16.7 Å². The van der Waals surface area contributed by atoms with Crippen LogP contribution >= 0.6 is 0 Å². The average molecular weight is 247 g/mol. The second-order valence-electron chi connectivity index (χ2n) is 4.41. The first-order chi connectivity index (χ1) is 8.50. The van der Waals surface area contributed by atoms with Crippen LogP contribution in [0.1, 0.15) is 18.9 Å². The number of fused-ring (bicyclic) bond motifs is 1. The molecule has 0 bridgehead atoms. The number of hydrogen-bond acceptors (Lipinski definition) is 2. The third kappa shape index (κ3) is 2.18. The molecule has 0 aliphatic rings. The fourth-order valence-electron chi connectivity index (χ4n) is 2.06. The lowest BCUT2D eigenvalue weighted by molar-refractivity contribution is -0.116. The first-order valence-electron chi connectivity index (χ1n) is 5.77. The van der Waals surface area contributed by atoms with E-state index < -0.39 is 5.82 Å². The molecular formula is C14H14FNO2. The van der Waals surface area contributed by atoms with Crippen LogP contribution in [0.15, 0.2) is 29.1 Å². The van der Waals surface area contributed by atoms with Gasteiger partial charge in [0.2, 0.25) is 0 Å². The molecule has 2 rings (SSSR count). The summed E-state index contributed by atoms with van der Waals surface area (Å²) in [7, 11) is 1.55. The van der Waals surface area contributed by atoms with Gasteiger partial charge in [0, 0.05) is 24.4 Å². The van der Waals surface area contributed by atoms with Crippen LogP contribution < -0.4 is 5.56 Å². The lowest BCUT2D eigenvalue weighted by Crippen LogP contribution is -2.22. The molecule has 1 heterocycles. The largest absolute Gasteiger partial charge is 0.308 e. The van der Waals surface area contributed by atoms with E-state index in [1.165, 1.54) is 17.6 Å². The molecule has 1 aromatic carbocycles. The topological polar surface area (TPSA) is 39.1 Å². The van der Waals surface area contributed by atoms with Gasteiger partial charge in [-0.2, -0.15) is 0 Å². The summed E-state index contributed by atoms with van der Waals surface area (Å²) in [5.74, 6) is -0.374. The Bertz CT molecular complexity index is 673. The maximum atomic E-state index is 13.7. The molecule has 0 unspecified atom stereocenters. The van der Waals surface area contributed by atoms with Gasteiger partial charge in [-0.15, -0.1) is 0 Å². The summed E-state index contributed by atoms with van der Waals surface area (Å²) >= 11 is 0. The molecule has 0 saturated carbocycles. The Morgan fingerprint density at radius 1 is 1.39 bits per heavy atom. The van der Waals surface area contributed by atoms with Gasteiger partial charge in [0.1, 0.15) is 11.6 Å². The highest BCUT2D eigenvalue weighted by Crippen LogP contribution is 2.17. The number of Topliss-reactive ketones (excluding diaryl/α,β-unsaturated/α-hetero) is 1. The SMILES string of the molecule is CC(=O)CCc1cc2cccc(F)c2n(C)c1=O. The van der Waals surface area contributed by atoms with E-state index in [1.54, 1.807) is 25.2 Å². The predicted molar refractivity (Wildman–Crippen MR) is 68.1 cm³/mol. The molecule has 0 saturated heterocycles.